The molecule has 0 atom stereocenters. The van der Waals surface area contributed by atoms with Crippen LogP contribution in [0.15, 0.2) is 48.9 Å². The number of nitrogens with zero attached hydrogens (tertiary/aromatic N) is 4. The van der Waals surface area contributed by atoms with Gasteiger partial charge in [-0.1, -0.05) is 12.1 Å². The predicted octanol–water partition coefficient (Wildman–Crippen LogP) is 0.871. The summed E-state index contributed by atoms with van der Waals surface area (Å²) in [4.78, 5) is 37.7. The van der Waals surface area contributed by atoms with E-state index in [1.807, 2.05) is 0 Å². The first kappa shape index (κ1) is 15.8. The minimum atomic E-state index is -0.649. The second-order valence-electron chi connectivity index (χ2n) is 5.64. The van der Waals surface area contributed by atoms with Crippen molar-refractivity contribution >= 4 is 34.8 Å². The first-order valence-electron chi connectivity index (χ1n) is 7.77. The quantitative estimate of drug-likeness (QED) is 0.702. The molecule has 0 unspecified atom stereocenters. The van der Waals surface area contributed by atoms with E-state index in [9.17, 15) is 14.4 Å². The Labute approximate surface area is 147 Å². The van der Waals surface area contributed by atoms with Crippen LogP contribution < -0.4 is 10.2 Å². The van der Waals surface area contributed by atoms with Crippen molar-refractivity contribution in [3.05, 3.63) is 54.5 Å². The largest absolute Gasteiger partial charge is 0.452 e. The number of fused-ring (bicyclic) bond motifs is 2. The maximum Gasteiger partial charge on any atom is 0.340 e. The number of hydrogen-bond acceptors (Lipinski definition) is 6. The van der Waals surface area contributed by atoms with Gasteiger partial charge in [-0.05, 0) is 24.3 Å². The van der Waals surface area contributed by atoms with Crippen molar-refractivity contribution in [1.82, 2.24) is 14.6 Å². The molecule has 0 aliphatic carbocycles. The average molecular weight is 351 g/mol. The van der Waals surface area contributed by atoms with Crippen molar-refractivity contribution in [2.45, 2.75) is 0 Å². The Bertz CT molecular complexity index is 1030. The van der Waals surface area contributed by atoms with Crippen LogP contribution in [0.3, 0.4) is 0 Å². The fraction of sp³-hybridized carbons (Fsp3) is 0.118. The van der Waals surface area contributed by atoms with Gasteiger partial charge in [0.05, 0.1) is 16.9 Å². The molecule has 1 aromatic carbocycles. The molecule has 2 aromatic heterocycles. The van der Waals surface area contributed by atoms with Crippen LogP contribution in [0.2, 0.25) is 0 Å². The van der Waals surface area contributed by atoms with Gasteiger partial charge in [-0.2, -0.15) is 0 Å². The van der Waals surface area contributed by atoms with Gasteiger partial charge in [-0.3, -0.25) is 18.9 Å². The van der Waals surface area contributed by atoms with E-state index >= 15 is 0 Å². The number of pyridine rings is 1. The Kier molecular flexibility index (Phi) is 3.81. The molecule has 0 radical (unpaired) electrons. The van der Waals surface area contributed by atoms with Crippen LogP contribution in [-0.4, -0.2) is 45.5 Å². The Balaban J connectivity index is 1.47. The highest BCUT2D eigenvalue weighted by Crippen LogP contribution is 2.28. The fourth-order valence-corrected chi connectivity index (χ4v) is 2.69. The van der Waals surface area contributed by atoms with E-state index in [4.69, 9.17) is 4.74 Å². The van der Waals surface area contributed by atoms with Crippen LogP contribution >= 0.6 is 0 Å². The first-order chi connectivity index (χ1) is 12.6. The zero-order chi connectivity index (χ0) is 18.1. The van der Waals surface area contributed by atoms with E-state index in [0.717, 1.165) is 0 Å². The van der Waals surface area contributed by atoms with E-state index in [2.05, 4.69) is 15.5 Å². The van der Waals surface area contributed by atoms with Crippen molar-refractivity contribution in [2.24, 2.45) is 0 Å². The number of hydrogen-bond donors (Lipinski definition) is 1. The molecule has 2 amide bonds. The molecule has 1 aliphatic rings. The summed E-state index contributed by atoms with van der Waals surface area (Å²) in [7, 11) is 0. The third kappa shape index (κ3) is 2.86. The van der Waals surface area contributed by atoms with Crippen LogP contribution in [0, 0.1) is 0 Å². The van der Waals surface area contributed by atoms with Crippen LogP contribution in [0.5, 0.6) is 0 Å². The number of nitrogens with one attached hydrogen (secondary N) is 1. The van der Waals surface area contributed by atoms with E-state index in [0.29, 0.717) is 17.0 Å². The molecule has 0 saturated carbocycles. The molecule has 4 rings (SSSR count). The number of esters is 1. The average Bonchev–Trinajstić information content (AvgIpc) is 3.12. The van der Waals surface area contributed by atoms with E-state index in [1.165, 1.54) is 17.4 Å². The minimum absolute atomic E-state index is 0.125. The Morgan fingerprint density at radius 3 is 2.92 bits per heavy atom. The maximum atomic E-state index is 12.5. The fourth-order valence-electron chi connectivity index (χ4n) is 2.69. The number of carbonyl (C=O) groups is 3. The number of rotatable bonds is 3. The van der Waals surface area contributed by atoms with Gasteiger partial charge in [0.1, 0.15) is 12.9 Å². The second-order valence-corrected chi connectivity index (χ2v) is 5.64. The zero-order valence-corrected chi connectivity index (χ0v) is 13.5. The van der Waals surface area contributed by atoms with Crippen LogP contribution in [0.25, 0.3) is 5.65 Å². The number of ether oxygens (including phenoxy) is 1. The highest BCUT2D eigenvalue weighted by Gasteiger charge is 2.27. The van der Waals surface area contributed by atoms with Gasteiger partial charge < -0.3 is 10.1 Å². The van der Waals surface area contributed by atoms with Gasteiger partial charge in [0, 0.05) is 6.20 Å². The molecule has 1 aliphatic heterocycles. The van der Waals surface area contributed by atoms with E-state index < -0.39 is 18.5 Å². The second kappa shape index (κ2) is 6.28. The molecule has 0 fully saturated rings. The molecular weight excluding hydrogens is 338 g/mol. The molecule has 9 heteroatoms. The minimum Gasteiger partial charge on any atom is -0.452 e. The lowest BCUT2D eigenvalue weighted by Crippen LogP contribution is -2.44. The summed E-state index contributed by atoms with van der Waals surface area (Å²) in [5, 5.41) is 10.3. The Hall–Kier alpha value is -3.75. The summed E-state index contributed by atoms with van der Waals surface area (Å²) in [5.74, 6) is -1.43. The van der Waals surface area contributed by atoms with Crippen molar-refractivity contribution in [3.63, 3.8) is 0 Å². The standard InChI is InChI=1S/C17H13N5O4/c23-15-8-22(13-4-2-1-3-12(13)19-15)16(24)9-26-17(25)11-5-6-14-20-18-10-21(14)7-11/h1-7,10H,8-9H2,(H,19,23). The summed E-state index contributed by atoms with van der Waals surface area (Å²) in [6, 6.07) is 10.1. The number of benzene rings is 1. The van der Waals surface area contributed by atoms with Gasteiger partial charge >= 0.3 is 5.97 Å². The lowest BCUT2D eigenvalue weighted by molar-refractivity contribution is -0.124. The zero-order valence-electron chi connectivity index (χ0n) is 13.5. The first-order valence-corrected chi connectivity index (χ1v) is 7.77. The lowest BCUT2D eigenvalue weighted by Gasteiger charge is -2.28. The molecule has 1 N–H and O–H groups in total. The highest BCUT2D eigenvalue weighted by molar-refractivity contribution is 6.10. The monoisotopic (exact) mass is 351 g/mol. The number of anilines is 2. The number of para-hydroxylation sites is 2. The van der Waals surface area contributed by atoms with Gasteiger partial charge in [-0.15, -0.1) is 10.2 Å². The summed E-state index contributed by atoms with van der Waals surface area (Å²) in [6.45, 7) is -0.597. The molecule has 3 aromatic rings. The number of amides is 2. The summed E-state index contributed by atoms with van der Waals surface area (Å²) < 4.78 is 6.68. The van der Waals surface area contributed by atoms with Crippen LogP contribution in [0.1, 0.15) is 10.4 Å². The van der Waals surface area contributed by atoms with Gasteiger partial charge in [0.15, 0.2) is 12.3 Å². The van der Waals surface area contributed by atoms with Gasteiger partial charge in [-0.25, -0.2) is 4.79 Å². The van der Waals surface area contributed by atoms with Crippen LogP contribution in [0.4, 0.5) is 11.4 Å². The topological polar surface area (TPSA) is 106 Å². The van der Waals surface area contributed by atoms with Crippen LogP contribution in [-0.2, 0) is 14.3 Å². The predicted molar refractivity (Wildman–Crippen MR) is 90.7 cm³/mol. The number of aromatic nitrogens is 3. The van der Waals surface area contributed by atoms with Gasteiger partial charge in [0.25, 0.3) is 5.91 Å². The van der Waals surface area contributed by atoms with Gasteiger partial charge in [0.2, 0.25) is 5.91 Å². The summed E-state index contributed by atoms with van der Waals surface area (Å²) >= 11 is 0. The van der Waals surface area contributed by atoms with Crippen molar-refractivity contribution in [2.75, 3.05) is 23.4 Å². The molecule has 130 valence electrons. The molecule has 0 saturated heterocycles. The Morgan fingerprint density at radius 2 is 2.04 bits per heavy atom. The molecule has 26 heavy (non-hydrogen) atoms. The third-order valence-electron chi connectivity index (χ3n) is 3.93. The maximum absolute atomic E-state index is 12.5. The summed E-state index contributed by atoms with van der Waals surface area (Å²) in [6.07, 6.45) is 2.98. The summed E-state index contributed by atoms with van der Waals surface area (Å²) in [5.41, 5.74) is 1.97. The van der Waals surface area contributed by atoms with E-state index in [-0.39, 0.29) is 18.0 Å². The third-order valence-corrected chi connectivity index (χ3v) is 3.93. The SMILES string of the molecule is O=C1CN(C(=O)COC(=O)c2ccc3nncn3c2)c2ccccc2N1. The normalized spacial score (nSPS) is 13.2. The number of carbonyl (C=O) groups excluding carboxylic acids is 3. The molecule has 3 heterocycles. The van der Waals surface area contributed by atoms with E-state index in [1.54, 1.807) is 40.8 Å². The highest BCUT2D eigenvalue weighted by atomic mass is 16.5. The van der Waals surface area contributed by atoms with Crippen molar-refractivity contribution in [3.8, 4) is 0 Å². The van der Waals surface area contributed by atoms with Crippen molar-refractivity contribution in [1.29, 1.82) is 0 Å². The Morgan fingerprint density at radius 1 is 1.19 bits per heavy atom. The van der Waals surface area contributed by atoms with Crippen molar-refractivity contribution < 1.29 is 19.1 Å². The molecular formula is C17H13N5O4. The lowest BCUT2D eigenvalue weighted by atomic mass is 10.2. The smallest absolute Gasteiger partial charge is 0.340 e. The molecule has 9 nitrogen and oxygen atoms in total. The molecule has 0 spiro atoms. The molecule has 0 bridgehead atoms.